The minimum atomic E-state index is 0.769. The van der Waals surface area contributed by atoms with Crippen LogP contribution in [-0.2, 0) is 0 Å². The lowest BCUT2D eigenvalue weighted by Crippen LogP contribution is -1.90. The largest absolute Gasteiger partial charge is 0.230 e. The van der Waals surface area contributed by atoms with Gasteiger partial charge in [-0.2, -0.15) is 0 Å². The van der Waals surface area contributed by atoms with Crippen LogP contribution in [-0.4, -0.2) is 32.4 Å². The summed E-state index contributed by atoms with van der Waals surface area (Å²) in [6.07, 6.45) is 11.1. The van der Waals surface area contributed by atoms with Crippen molar-refractivity contribution in [3.05, 3.63) is 24.8 Å². The summed E-state index contributed by atoms with van der Waals surface area (Å²) in [6.45, 7) is 0. The van der Waals surface area contributed by atoms with Gasteiger partial charge in [-0.05, 0) is 12.5 Å². The van der Waals surface area contributed by atoms with Crippen LogP contribution in [0.3, 0.4) is 0 Å². The van der Waals surface area contributed by atoms with Crippen molar-refractivity contribution in [1.29, 1.82) is 0 Å². The Morgan fingerprint density at radius 1 is 0.688 bits per heavy atom. The number of thioether (sulfide) groups is 2. The highest BCUT2D eigenvalue weighted by Crippen LogP contribution is 2.18. The van der Waals surface area contributed by atoms with Crippen LogP contribution in [0.5, 0.6) is 0 Å². The van der Waals surface area contributed by atoms with Crippen molar-refractivity contribution in [2.24, 2.45) is 0 Å². The van der Waals surface area contributed by atoms with Gasteiger partial charge in [0.2, 0.25) is 0 Å². The predicted molar refractivity (Wildman–Crippen MR) is 66.6 cm³/mol. The highest BCUT2D eigenvalue weighted by Gasteiger charge is 2.01. The van der Waals surface area contributed by atoms with Gasteiger partial charge in [0.05, 0.1) is 0 Å². The zero-order valence-corrected chi connectivity index (χ0v) is 10.5. The number of hydrogen-bond donors (Lipinski definition) is 0. The molecule has 4 nitrogen and oxygen atoms in total. The normalized spacial score (nSPS) is 10.4. The van der Waals surface area contributed by atoms with Crippen LogP contribution in [0.4, 0.5) is 0 Å². The first-order chi connectivity index (χ1) is 7.83. The summed E-state index contributed by atoms with van der Waals surface area (Å²) in [5.41, 5.74) is 1.87. The average Bonchev–Trinajstić information content (AvgIpc) is 2.39. The number of nitrogens with zero attached hydrogens (tertiary/aromatic N) is 4. The molecule has 0 saturated carbocycles. The molecule has 0 fully saturated rings. The summed E-state index contributed by atoms with van der Waals surface area (Å²) >= 11 is 3.04. The molecule has 0 radical (unpaired) electrons. The second kappa shape index (κ2) is 5.27. The highest BCUT2D eigenvalue weighted by molar-refractivity contribution is 7.98. The Balaban J connectivity index is 2.28. The van der Waals surface area contributed by atoms with Crippen LogP contribution in [0.15, 0.2) is 35.1 Å². The highest BCUT2D eigenvalue weighted by atomic mass is 32.2. The summed E-state index contributed by atoms with van der Waals surface area (Å²) in [4.78, 5) is 16.8. The minimum Gasteiger partial charge on any atom is -0.230 e. The van der Waals surface area contributed by atoms with Crippen LogP contribution in [0.25, 0.3) is 11.1 Å². The van der Waals surface area contributed by atoms with Crippen molar-refractivity contribution < 1.29 is 0 Å². The van der Waals surface area contributed by atoms with Gasteiger partial charge in [0, 0.05) is 35.9 Å². The Morgan fingerprint density at radius 2 is 1.00 bits per heavy atom. The lowest BCUT2D eigenvalue weighted by molar-refractivity contribution is 0.955. The fraction of sp³-hybridized carbons (Fsp3) is 0.200. The molecule has 2 rings (SSSR count). The molecule has 0 unspecified atom stereocenters. The summed E-state index contributed by atoms with van der Waals surface area (Å²) in [7, 11) is 0. The van der Waals surface area contributed by atoms with Crippen LogP contribution >= 0.6 is 23.5 Å². The number of hydrogen-bond acceptors (Lipinski definition) is 6. The maximum atomic E-state index is 4.21. The van der Waals surface area contributed by atoms with Crippen molar-refractivity contribution in [3.8, 4) is 11.1 Å². The maximum absolute atomic E-state index is 4.21. The molecule has 6 heteroatoms. The van der Waals surface area contributed by atoms with Gasteiger partial charge in [-0.1, -0.05) is 23.5 Å². The fourth-order valence-corrected chi connectivity index (χ4v) is 1.77. The van der Waals surface area contributed by atoms with Gasteiger partial charge in [-0.15, -0.1) is 0 Å². The average molecular weight is 250 g/mol. The van der Waals surface area contributed by atoms with E-state index in [4.69, 9.17) is 0 Å². The van der Waals surface area contributed by atoms with E-state index in [1.807, 2.05) is 12.5 Å². The Labute approximate surface area is 102 Å². The van der Waals surface area contributed by atoms with Gasteiger partial charge in [-0.3, -0.25) is 0 Å². The Morgan fingerprint density at radius 3 is 1.25 bits per heavy atom. The molecule has 0 aromatic carbocycles. The lowest BCUT2D eigenvalue weighted by atomic mass is 10.2. The van der Waals surface area contributed by atoms with Crippen LogP contribution in [0.1, 0.15) is 0 Å². The van der Waals surface area contributed by atoms with E-state index >= 15 is 0 Å². The zero-order valence-electron chi connectivity index (χ0n) is 8.91. The van der Waals surface area contributed by atoms with Crippen LogP contribution in [0, 0.1) is 0 Å². The van der Waals surface area contributed by atoms with Gasteiger partial charge in [0.15, 0.2) is 10.3 Å². The monoisotopic (exact) mass is 250 g/mol. The van der Waals surface area contributed by atoms with E-state index in [0.717, 1.165) is 21.4 Å². The van der Waals surface area contributed by atoms with E-state index in [-0.39, 0.29) is 0 Å². The molecule has 16 heavy (non-hydrogen) atoms. The Hall–Kier alpha value is -1.14. The third kappa shape index (κ3) is 2.51. The molecule has 0 bridgehead atoms. The molecule has 2 aromatic rings. The molecule has 0 aliphatic rings. The molecular weight excluding hydrogens is 240 g/mol. The summed E-state index contributed by atoms with van der Waals surface area (Å²) < 4.78 is 0. The molecule has 0 spiro atoms. The lowest BCUT2D eigenvalue weighted by Gasteiger charge is -2.01. The number of rotatable bonds is 3. The third-order valence-corrected chi connectivity index (χ3v) is 3.11. The standard InChI is InChI=1S/C10H10N4S2/c1-15-9-11-3-7(4-12-9)8-5-13-10(16-2)14-6-8/h3-6H,1-2H3. The van der Waals surface area contributed by atoms with Gasteiger partial charge in [0.25, 0.3) is 0 Å². The van der Waals surface area contributed by atoms with E-state index < -0.39 is 0 Å². The van der Waals surface area contributed by atoms with E-state index in [9.17, 15) is 0 Å². The molecule has 0 atom stereocenters. The molecular formula is C10H10N4S2. The van der Waals surface area contributed by atoms with Gasteiger partial charge in [-0.25, -0.2) is 19.9 Å². The third-order valence-electron chi connectivity index (χ3n) is 1.95. The zero-order chi connectivity index (χ0) is 11.4. The van der Waals surface area contributed by atoms with Gasteiger partial charge < -0.3 is 0 Å². The predicted octanol–water partition coefficient (Wildman–Crippen LogP) is 2.38. The minimum absolute atomic E-state index is 0.769. The Bertz CT molecular complexity index is 410. The first-order valence-corrected chi connectivity index (χ1v) is 7.01. The molecule has 82 valence electrons. The molecule has 0 saturated heterocycles. The van der Waals surface area contributed by atoms with Crippen molar-refractivity contribution in [2.75, 3.05) is 12.5 Å². The topological polar surface area (TPSA) is 51.6 Å². The van der Waals surface area contributed by atoms with Gasteiger partial charge >= 0.3 is 0 Å². The SMILES string of the molecule is CSc1ncc(-c2cnc(SC)nc2)cn1. The molecule has 0 amide bonds. The molecule has 0 aliphatic carbocycles. The molecule has 0 aliphatic heterocycles. The van der Waals surface area contributed by atoms with Crippen LogP contribution < -0.4 is 0 Å². The van der Waals surface area contributed by atoms with Crippen molar-refractivity contribution in [1.82, 2.24) is 19.9 Å². The first-order valence-electron chi connectivity index (χ1n) is 4.56. The fourth-order valence-electron chi connectivity index (χ4n) is 1.14. The summed E-state index contributed by atoms with van der Waals surface area (Å²) in [6, 6.07) is 0. The van der Waals surface area contributed by atoms with E-state index in [1.165, 1.54) is 23.5 Å². The summed E-state index contributed by atoms with van der Waals surface area (Å²) in [5, 5.41) is 1.54. The first kappa shape index (κ1) is 11.3. The van der Waals surface area contributed by atoms with Crippen molar-refractivity contribution in [2.45, 2.75) is 10.3 Å². The maximum Gasteiger partial charge on any atom is 0.187 e. The quantitative estimate of drug-likeness (QED) is 0.616. The smallest absolute Gasteiger partial charge is 0.187 e. The van der Waals surface area contributed by atoms with E-state index in [0.29, 0.717) is 0 Å². The second-order valence-electron chi connectivity index (χ2n) is 2.92. The molecule has 2 aromatic heterocycles. The molecule has 2 heterocycles. The van der Waals surface area contributed by atoms with E-state index in [2.05, 4.69) is 19.9 Å². The Kier molecular flexibility index (Phi) is 3.74. The number of aromatic nitrogens is 4. The van der Waals surface area contributed by atoms with Crippen molar-refractivity contribution in [3.63, 3.8) is 0 Å². The van der Waals surface area contributed by atoms with E-state index in [1.54, 1.807) is 24.8 Å². The van der Waals surface area contributed by atoms with Crippen LogP contribution in [0.2, 0.25) is 0 Å². The van der Waals surface area contributed by atoms with Crippen molar-refractivity contribution >= 4 is 23.5 Å². The summed E-state index contributed by atoms with van der Waals surface area (Å²) in [5.74, 6) is 0. The second-order valence-corrected chi connectivity index (χ2v) is 4.46. The van der Waals surface area contributed by atoms with Gasteiger partial charge in [0.1, 0.15) is 0 Å². The molecule has 0 N–H and O–H groups in total.